The highest BCUT2D eigenvalue weighted by Gasteiger charge is 2.46. The number of aromatic nitrogens is 1. The van der Waals surface area contributed by atoms with Gasteiger partial charge < -0.3 is 10.6 Å². The van der Waals surface area contributed by atoms with Crippen molar-refractivity contribution in [3.05, 3.63) is 23.2 Å². The maximum atomic E-state index is 12.4. The Hall–Kier alpha value is -2.48. The number of hydrogen-bond donors (Lipinski definition) is 2. The molecular formula is C18H22N4O3S. The summed E-state index contributed by atoms with van der Waals surface area (Å²) in [4.78, 5) is 42.2. The van der Waals surface area contributed by atoms with Gasteiger partial charge in [0.2, 0.25) is 5.91 Å². The van der Waals surface area contributed by atoms with Crippen LogP contribution in [0.1, 0.15) is 45.0 Å². The van der Waals surface area contributed by atoms with Crippen molar-refractivity contribution in [2.75, 3.05) is 11.9 Å². The van der Waals surface area contributed by atoms with E-state index >= 15 is 0 Å². The number of benzene rings is 1. The van der Waals surface area contributed by atoms with E-state index in [1.807, 2.05) is 19.1 Å². The smallest absolute Gasteiger partial charge is 0.324 e. The lowest BCUT2D eigenvalue weighted by atomic mass is 9.99. The third kappa shape index (κ3) is 3.29. The molecule has 138 valence electrons. The van der Waals surface area contributed by atoms with E-state index < -0.39 is 17.5 Å². The van der Waals surface area contributed by atoms with Gasteiger partial charge in [-0.2, -0.15) is 0 Å². The standard InChI is InChI=1S/C18H22N4O3S/c1-5-18(4)16(24)22(17(25)21-18)9-14(23)19-11-6-7-12-13(8-11)26-15(20-12)10(2)3/h6-8,10H,5,9H2,1-4H3,(H,19,23)(H,21,25). The Balaban J connectivity index is 1.71. The summed E-state index contributed by atoms with van der Waals surface area (Å²) < 4.78 is 0.986. The Morgan fingerprint density at radius 1 is 1.38 bits per heavy atom. The zero-order valence-electron chi connectivity index (χ0n) is 15.3. The Morgan fingerprint density at radius 3 is 2.73 bits per heavy atom. The average Bonchev–Trinajstić information content (AvgIpc) is 3.10. The van der Waals surface area contributed by atoms with E-state index in [4.69, 9.17) is 0 Å². The summed E-state index contributed by atoms with van der Waals surface area (Å²) in [6, 6.07) is 4.95. The predicted molar refractivity (Wildman–Crippen MR) is 101 cm³/mol. The largest absolute Gasteiger partial charge is 0.325 e. The van der Waals surface area contributed by atoms with Crippen molar-refractivity contribution in [1.29, 1.82) is 0 Å². The SMILES string of the molecule is CCC1(C)NC(=O)N(CC(=O)Nc2ccc3nc(C(C)C)sc3c2)C1=O. The first-order chi connectivity index (χ1) is 12.2. The molecule has 1 aliphatic heterocycles. The van der Waals surface area contributed by atoms with E-state index in [-0.39, 0.29) is 12.5 Å². The number of thiazole rings is 1. The molecule has 0 saturated carbocycles. The molecule has 4 amide bonds. The van der Waals surface area contributed by atoms with Crippen molar-refractivity contribution in [2.45, 2.75) is 45.6 Å². The maximum absolute atomic E-state index is 12.4. The second kappa shape index (κ2) is 6.68. The molecule has 0 aliphatic carbocycles. The first-order valence-electron chi connectivity index (χ1n) is 8.58. The number of urea groups is 1. The Labute approximate surface area is 155 Å². The fourth-order valence-electron chi connectivity index (χ4n) is 2.74. The molecular weight excluding hydrogens is 352 g/mol. The lowest BCUT2D eigenvalue weighted by Crippen LogP contribution is -2.44. The molecule has 2 heterocycles. The predicted octanol–water partition coefficient (Wildman–Crippen LogP) is 3.08. The van der Waals surface area contributed by atoms with Crippen LogP contribution in [-0.2, 0) is 9.59 Å². The molecule has 0 radical (unpaired) electrons. The number of amides is 4. The van der Waals surface area contributed by atoms with Crippen molar-refractivity contribution in [3.63, 3.8) is 0 Å². The van der Waals surface area contributed by atoms with Crippen LogP contribution in [0.3, 0.4) is 0 Å². The summed E-state index contributed by atoms with van der Waals surface area (Å²) >= 11 is 1.59. The van der Waals surface area contributed by atoms with Crippen molar-refractivity contribution in [1.82, 2.24) is 15.2 Å². The third-order valence-electron chi connectivity index (χ3n) is 4.54. The number of imide groups is 1. The van der Waals surface area contributed by atoms with Gasteiger partial charge in [0.1, 0.15) is 12.1 Å². The van der Waals surface area contributed by atoms with Crippen LogP contribution in [0.25, 0.3) is 10.2 Å². The molecule has 1 aliphatic rings. The molecule has 2 N–H and O–H groups in total. The summed E-state index contributed by atoms with van der Waals surface area (Å²) in [6.45, 7) is 7.34. The Bertz CT molecular complexity index is 892. The number of nitrogens with zero attached hydrogens (tertiary/aromatic N) is 2. The number of rotatable bonds is 5. The average molecular weight is 374 g/mol. The van der Waals surface area contributed by atoms with Gasteiger partial charge >= 0.3 is 6.03 Å². The van der Waals surface area contributed by atoms with Gasteiger partial charge in [-0.15, -0.1) is 11.3 Å². The molecule has 0 bridgehead atoms. The molecule has 1 unspecified atom stereocenters. The summed E-state index contributed by atoms with van der Waals surface area (Å²) in [5.41, 5.74) is 0.572. The van der Waals surface area contributed by atoms with Crippen molar-refractivity contribution in [2.24, 2.45) is 0 Å². The fraction of sp³-hybridized carbons (Fsp3) is 0.444. The van der Waals surface area contributed by atoms with Gasteiger partial charge in [-0.05, 0) is 31.5 Å². The fourth-order valence-corrected chi connectivity index (χ4v) is 3.75. The number of anilines is 1. The van der Waals surface area contributed by atoms with Gasteiger partial charge in [-0.3, -0.25) is 14.5 Å². The number of carbonyl (C=O) groups excluding carboxylic acids is 3. The van der Waals surface area contributed by atoms with Crippen LogP contribution >= 0.6 is 11.3 Å². The number of fused-ring (bicyclic) bond motifs is 1. The lowest BCUT2D eigenvalue weighted by Gasteiger charge is -2.19. The minimum absolute atomic E-state index is 0.307. The van der Waals surface area contributed by atoms with Crippen LogP contribution < -0.4 is 10.6 Å². The van der Waals surface area contributed by atoms with Crippen LogP contribution in [-0.4, -0.2) is 39.8 Å². The van der Waals surface area contributed by atoms with Crippen LogP contribution in [0.15, 0.2) is 18.2 Å². The maximum Gasteiger partial charge on any atom is 0.325 e. The first-order valence-corrected chi connectivity index (χ1v) is 9.39. The van der Waals surface area contributed by atoms with Gasteiger partial charge in [0.25, 0.3) is 5.91 Å². The molecule has 1 aromatic carbocycles. The molecule has 7 nitrogen and oxygen atoms in total. The second-order valence-corrected chi connectivity index (χ2v) is 8.01. The van der Waals surface area contributed by atoms with Gasteiger partial charge in [0, 0.05) is 11.6 Å². The van der Waals surface area contributed by atoms with E-state index in [0.717, 1.165) is 20.1 Å². The summed E-state index contributed by atoms with van der Waals surface area (Å²) in [5, 5.41) is 6.43. The summed E-state index contributed by atoms with van der Waals surface area (Å²) in [7, 11) is 0. The van der Waals surface area contributed by atoms with E-state index in [1.165, 1.54) is 0 Å². The van der Waals surface area contributed by atoms with Gasteiger partial charge in [-0.1, -0.05) is 20.8 Å². The number of nitrogens with one attached hydrogen (secondary N) is 2. The zero-order valence-corrected chi connectivity index (χ0v) is 16.1. The van der Waals surface area contributed by atoms with E-state index in [0.29, 0.717) is 18.0 Å². The van der Waals surface area contributed by atoms with Crippen LogP contribution in [0.4, 0.5) is 10.5 Å². The Kier molecular flexibility index (Phi) is 4.70. The van der Waals surface area contributed by atoms with Crippen molar-refractivity contribution >= 4 is 45.1 Å². The van der Waals surface area contributed by atoms with Crippen LogP contribution in [0.5, 0.6) is 0 Å². The first kappa shape index (κ1) is 18.3. The van der Waals surface area contributed by atoms with E-state index in [9.17, 15) is 14.4 Å². The molecule has 1 saturated heterocycles. The highest BCUT2D eigenvalue weighted by molar-refractivity contribution is 7.18. The molecule has 1 atom stereocenters. The minimum atomic E-state index is -0.938. The van der Waals surface area contributed by atoms with Crippen molar-refractivity contribution < 1.29 is 14.4 Å². The quantitative estimate of drug-likeness (QED) is 0.787. The summed E-state index contributed by atoms with van der Waals surface area (Å²) in [6.07, 6.45) is 0.468. The van der Waals surface area contributed by atoms with Gasteiger partial charge in [-0.25, -0.2) is 9.78 Å². The van der Waals surface area contributed by atoms with E-state index in [2.05, 4.69) is 29.5 Å². The highest BCUT2D eigenvalue weighted by Crippen LogP contribution is 2.29. The molecule has 1 aromatic heterocycles. The van der Waals surface area contributed by atoms with Gasteiger partial charge in [0.15, 0.2) is 0 Å². The van der Waals surface area contributed by atoms with E-state index in [1.54, 1.807) is 24.3 Å². The molecule has 2 aromatic rings. The molecule has 3 rings (SSSR count). The van der Waals surface area contributed by atoms with Crippen LogP contribution in [0, 0.1) is 0 Å². The molecule has 1 fully saturated rings. The third-order valence-corrected chi connectivity index (χ3v) is 5.86. The monoisotopic (exact) mass is 374 g/mol. The van der Waals surface area contributed by atoms with Crippen LogP contribution in [0.2, 0.25) is 0 Å². The van der Waals surface area contributed by atoms with Gasteiger partial charge in [0.05, 0.1) is 15.2 Å². The van der Waals surface area contributed by atoms with Crippen molar-refractivity contribution in [3.8, 4) is 0 Å². The highest BCUT2D eigenvalue weighted by atomic mass is 32.1. The lowest BCUT2D eigenvalue weighted by molar-refractivity contribution is -0.133. The molecule has 0 spiro atoms. The molecule has 8 heteroatoms. The summed E-state index contributed by atoms with van der Waals surface area (Å²) in [5.74, 6) is -0.445. The topological polar surface area (TPSA) is 91.4 Å². The minimum Gasteiger partial charge on any atom is -0.324 e. The normalized spacial score (nSPS) is 20.1. The second-order valence-electron chi connectivity index (χ2n) is 6.94. The Morgan fingerprint density at radius 2 is 2.12 bits per heavy atom. The number of carbonyl (C=O) groups is 3. The zero-order chi connectivity index (χ0) is 19.1. The molecule has 26 heavy (non-hydrogen) atoms. The number of hydrogen-bond acceptors (Lipinski definition) is 5.